The molecule has 2 aromatic heterocycles. The zero-order valence-corrected chi connectivity index (χ0v) is 19.0. The Morgan fingerprint density at radius 3 is 2.38 bits per heavy atom. The molecule has 0 spiro atoms. The van der Waals surface area contributed by atoms with Crippen molar-refractivity contribution < 1.29 is 18.8 Å². The number of nitrogens with zero attached hydrogens (tertiary/aromatic N) is 6. The zero-order valence-electron chi connectivity index (χ0n) is 19.0. The lowest BCUT2D eigenvalue weighted by molar-refractivity contribution is -0.805. The summed E-state index contributed by atoms with van der Waals surface area (Å²) in [7, 11) is 1.78. The van der Waals surface area contributed by atoms with Crippen molar-refractivity contribution in [3.63, 3.8) is 0 Å². The number of aromatic nitrogens is 4. The molecule has 0 N–H and O–H groups in total. The minimum Gasteiger partial charge on any atom is -0.423 e. The number of para-hydroxylation sites is 2. The number of benzene rings is 2. The molecule has 0 saturated carbocycles. The highest BCUT2D eigenvalue weighted by Gasteiger charge is 2.39. The first-order chi connectivity index (χ1) is 16.6. The molecule has 0 bridgehead atoms. The molecule has 1 fully saturated rings. The monoisotopic (exact) mass is 457 g/mol. The number of ketones is 2. The van der Waals surface area contributed by atoms with Gasteiger partial charge in [-0.3, -0.25) is 14.5 Å². The Labute approximate surface area is 196 Å². The number of piperazine rings is 1. The van der Waals surface area contributed by atoms with E-state index >= 15 is 0 Å². The highest BCUT2D eigenvalue weighted by atomic mass is 16.4. The van der Waals surface area contributed by atoms with Gasteiger partial charge in [0.15, 0.2) is 18.3 Å². The molecule has 9 heteroatoms. The number of carbonyl (C=O) groups is 2. The third-order valence-electron chi connectivity index (χ3n) is 6.69. The number of carbonyl (C=O) groups excluding carboxylic acids is 2. The number of anilines is 1. The van der Waals surface area contributed by atoms with E-state index in [1.807, 2.05) is 28.9 Å². The second-order valence-electron chi connectivity index (χ2n) is 8.76. The summed E-state index contributed by atoms with van der Waals surface area (Å²) in [6.45, 7) is 5.05. The SMILES string of the molecule is C[n+]1nc2c(n1CCCN1CCN(c3nc4ccccc4o3)CC1)C(=O)c1ccccc1C2=O. The Morgan fingerprint density at radius 1 is 0.912 bits per heavy atom. The predicted molar refractivity (Wildman–Crippen MR) is 124 cm³/mol. The Bertz CT molecular complexity index is 1380. The van der Waals surface area contributed by atoms with Crippen LogP contribution in [-0.4, -0.2) is 64.0 Å². The standard InChI is InChI=1S/C25H25N6O3/c1-28-27-21-22(24(33)18-8-3-2-7-17(18)23(21)32)31(28)12-6-11-29-13-15-30(16-14-29)25-26-19-9-4-5-10-20(19)34-25/h2-5,7-10H,6,11-16H2,1H3/q+1. The van der Waals surface area contributed by atoms with Crippen LogP contribution in [0.15, 0.2) is 52.9 Å². The maximum absolute atomic E-state index is 13.1. The minimum atomic E-state index is -0.185. The summed E-state index contributed by atoms with van der Waals surface area (Å²) in [4.78, 5) is 36.8. The molecule has 0 unspecified atom stereocenters. The first-order valence-electron chi connectivity index (χ1n) is 11.6. The molecule has 0 radical (unpaired) electrons. The largest absolute Gasteiger partial charge is 0.423 e. The summed E-state index contributed by atoms with van der Waals surface area (Å²) in [5, 5.41) is 4.38. The number of hydrogen-bond donors (Lipinski definition) is 0. The zero-order chi connectivity index (χ0) is 23.2. The third-order valence-corrected chi connectivity index (χ3v) is 6.69. The number of aryl methyl sites for hydroxylation is 1. The molecule has 0 amide bonds. The lowest BCUT2D eigenvalue weighted by Gasteiger charge is -2.33. The summed E-state index contributed by atoms with van der Waals surface area (Å²) in [6, 6.07) is 15.5. The van der Waals surface area contributed by atoms with Crippen molar-refractivity contribution in [3.8, 4) is 0 Å². The van der Waals surface area contributed by atoms with Gasteiger partial charge in [0.05, 0.1) is 6.54 Å². The predicted octanol–water partition coefficient (Wildman–Crippen LogP) is 1.84. The minimum absolute atomic E-state index is 0.134. The lowest BCUT2D eigenvalue weighted by Crippen LogP contribution is -2.47. The van der Waals surface area contributed by atoms with E-state index in [4.69, 9.17) is 4.42 Å². The van der Waals surface area contributed by atoms with Gasteiger partial charge in [-0.15, -0.1) is 4.68 Å². The summed E-state index contributed by atoms with van der Waals surface area (Å²) < 4.78 is 7.74. The first kappa shape index (κ1) is 20.7. The van der Waals surface area contributed by atoms with Crippen molar-refractivity contribution in [1.29, 1.82) is 0 Å². The van der Waals surface area contributed by atoms with E-state index in [9.17, 15) is 9.59 Å². The topological polar surface area (TPSA) is 88.3 Å². The molecule has 3 heterocycles. The van der Waals surface area contributed by atoms with E-state index < -0.39 is 0 Å². The van der Waals surface area contributed by atoms with Crippen LogP contribution in [0.1, 0.15) is 38.5 Å². The van der Waals surface area contributed by atoms with Crippen LogP contribution in [-0.2, 0) is 13.6 Å². The van der Waals surface area contributed by atoms with Gasteiger partial charge in [-0.25, -0.2) is 0 Å². The van der Waals surface area contributed by atoms with Gasteiger partial charge in [0.2, 0.25) is 17.3 Å². The number of fused-ring (bicyclic) bond motifs is 3. The van der Waals surface area contributed by atoms with Gasteiger partial charge in [0.1, 0.15) is 5.52 Å². The summed E-state index contributed by atoms with van der Waals surface area (Å²) in [5.41, 5.74) is 3.23. The second-order valence-corrected chi connectivity index (χ2v) is 8.76. The molecule has 4 aromatic rings. The highest BCUT2D eigenvalue weighted by Crippen LogP contribution is 2.26. The Morgan fingerprint density at radius 2 is 1.62 bits per heavy atom. The quantitative estimate of drug-likeness (QED) is 0.372. The van der Waals surface area contributed by atoms with Gasteiger partial charge in [-0.2, -0.15) is 4.98 Å². The van der Waals surface area contributed by atoms with Gasteiger partial charge in [0.25, 0.3) is 6.01 Å². The molecule has 2 aliphatic rings. The van der Waals surface area contributed by atoms with Crippen molar-refractivity contribution in [2.24, 2.45) is 7.05 Å². The number of hydrogen-bond acceptors (Lipinski definition) is 7. The fourth-order valence-corrected chi connectivity index (χ4v) is 4.88. The van der Waals surface area contributed by atoms with Crippen LogP contribution in [0.2, 0.25) is 0 Å². The Kier molecular flexibility index (Phi) is 4.99. The lowest BCUT2D eigenvalue weighted by atomic mass is 9.90. The fourth-order valence-electron chi connectivity index (χ4n) is 4.88. The van der Waals surface area contributed by atoms with Crippen LogP contribution >= 0.6 is 0 Å². The van der Waals surface area contributed by atoms with Crippen molar-refractivity contribution in [1.82, 2.24) is 19.7 Å². The maximum atomic E-state index is 13.1. The average Bonchev–Trinajstić information content (AvgIpc) is 3.44. The smallest absolute Gasteiger partial charge is 0.298 e. The van der Waals surface area contributed by atoms with Crippen LogP contribution < -0.4 is 9.70 Å². The molecule has 9 nitrogen and oxygen atoms in total. The van der Waals surface area contributed by atoms with E-state index in [0.29, 0.717) is 29.4 Å². The van der Waals surface area contributed by atoms with Gasteiger partial charge >= 0.3 is 0 Å². The number of rotatable bonds is 5. The second kappa shape index (κ2) is 8.18. The molecule has 34 heavy (non-hydrogen) atoms. The van der Waals surface area contributed by atoms with Crippen LogP contribution in [0.4, 0.5) is 6.01 Å². The van der Waals surface area contributed by atoms with Crippen molar-refractivity contribution >= 4 is 28.7 Å². The molecule has 0 atom stereocenters. The molecular formula is C25H25N6O3+. The average molecular weight is 458 g/mol. The molecule has 2 aromatic carbocycles. The van der Waals surface area contributed by atoms with Gasteiger partial charge < -0.3 is 9.32 Å². The number of oxazole rings is 1. The summed E-state index contributed by atoms with van der Waals surface area (Å²) in [6.07, 6.45) is 0.850. The summed E-state index contributed by atoms with van der Waals surface area (Å²) in [5.74, 6) is -0.319. The van der Waals surface area contributed by atoms with Crippen LogP contribution in [0.25, 0.3) is 11.1 Å². The molecule has 1 aliphatic carbocycles. The summed E-state index contributed by atoms with van der Waals surface area (Å²) >= 11 is 0. The van der Waals surface area contributed by atoms with Gasteiger partial charge in [-0.05, 0) is 23.4 Å². The highest BCUT2D eigenvalue weighted by molar-refractivity contribution is 6.26. The van der Waals surface area contributed by atoms with Crippen molar-refractivity contribution in [3.05, 3.63) is 71.0 Å². The molecule has 1 aliphatic heterocycles. The van der Waals surface area contributed by atoms with Gasteiger partial charge in [-0.1, -0.05) is 36.4 Å². The van der Waals surface area contributed by atoms with Gasteiger partial charge in [0, 0.05) is 48.9 Å². The van der Waals surface area contributed by atoms with E-state index in [2.05, 4.69) is 19.9 Å². The van der Waals surface area contributed by atoms with E-state index in [1.54, 1.807) is 36.1 Å². The first-order valence-corrected chi connectivity index (χ1v) is 11.6. The molecule has 172 valence electrons. The van der Waals surface area contributed by atoms with E-state index in [0.717, 1.165) is 50.2 Å². The van der Waals surface area contributed by atoms with Crippen LogP contribution in [0, 0.1) is 0 Å². The van der Waals surface area contributed by atoms with Crippen molar-refractivity contribution in [2.45, 2.75) is 13.0 Å². The molecular weight excluding hydrogens is 432 g/mol. The van der Waals surface area contributed by atoms with Crippen LogP contribution in [0.3, 0.4) is 0 Å². The molecule has 6 rings (SSSR count). The van der Waals surface area contributed by atoms with E-state index in [1.165, 1.54) is 0 Å². The Hall–Kier alpha value is -3.85. The van der Waals surface area contributed by atoms with E-state index in [-0.39, 0.29) is 17.3 Å². The van der Waals surface area contributed by atoms with Crippen molar-refractivity contribution in [2.75, 3.05) is 37.6 Å². The maximum Gasteiger partial charge on any atom is 0.298 e. The normalized spacial score (nSPS) is 16.2. The fraction of sp³-hybridized carbons (Fsp3) is 0.320. The Balaban J connectivity index is 1.09. The third kappa shape index (κ3) is 3.40. The van der Waals surface area contributed by atoms with Crippen LogP contribution in [0.5, 0.6) is 0 Å². The molecule has 1 saturated heterocycles.